The van der Waals surface area contributed by atoms with Gasteiger partial charge in [-0.05, 0) is 42.7 Å². The van der Waals surface area contributed by atoms with Crippen molar-refractivity contribution >= 4 is 17.6 Å². The SMILES string of the molecule is Cc1ccc(N2CC(NC(=O)N(C)Cc3ccccc3)CC2=O)cc1C. The number of nitrogens with zero attached hydrogens (tertiary/aromatic N) is 2. The number of aryl methyl sites for hydroxylation is 2. The number of urea groups is 1. The minimum absolute atomic E-state index is 0.0456. The first-order chi connectivity index (χ1) is 12.4. The van der Waals surface area contributed by atoms with Gasteiger partial charge >= 0.3 is 6.03 Å². The number of amides is 3. The number of hydrogen-bond acceptors (Lipinski definition) is 2. The van der Waals surface area contributed by atoms with Crippen LogP contribution in [0.2, 0.25) is 0 Å². The molecule has 0 aliphatic carbocycles. The summed E-state index contributed by atoms with van der Waals surface area (Å²) in [5.41, 5.74) is 4.33. The summed E-state index contributed by atoms with van der Waals surface area (Å²) in [6, 6.07) is 15.5. The molecule has 1 saturated heterocycles. The minimum atomic E-state index is -0.171. The van der Waals surface area contributed by atoms with E-state index in [0.717, 1.165) is 16.8 Å². The topological polar surface area (TPSA) is 52.7 Å². The van der Waals surface area contributed by atoms with Gasteiger partial charge < -0.3 is 15.1 Å². The fourth-order valence-electron chi connectivity index (χ4n) is 3.16. The van der Waals surface area contributed by atoms with Crippen molar-refractivity contribution in [3.05, 3.63) is 65.2 Å². The van der Waals surface area contributed by atoms with Gasteiger partial charge in [-0.1, -0.05) is 36.4 Å². The monoisotopic (exact) mass is 351 g/mol. The molecule has 2 aromatic carbocycles. The van der Waals surface area contributed by atoms with Gasteiger partial charge in [0.05, 0.1) is 6.04 Å². The highest BCUT2D eigenvalue weighted by molar-refractivity contribution is 5.96. The van der Waals surface area contributed by atoms with E-state index in [-0.39, 0.29) is 18.0 Å². The summed E-state index contributed by atoms with van der Waals surface area (Å²) in [7, 11) is 1.76. The lowest BCUT2D eigenvalue weighted by molar-refractivity contribution is -0.117. The Morgan fingerprint density at radius 3 is 2.58 bits per heavy atom. The highest BCUT2D eigenvalue weighted by atomic mass is 16.2. The first-order valence-electron chi connectivity index (χ1n) is 8.87. The van der Waals surface area contributed by atoms with Crippen molar-refractivity contribution in [2.75, 3.05) is 18.5 Å². The Morgan fingerprint density at radius 2 is 1.88 bits per heavy atom. The van der Waals surface area contributed by atoms with E-state index < -0.39 is 0 Å². The zero-order valence-electron chi connectivity index (χ0n) is 15.5. The van der Waals surface area contributed by atoms with Gasteiger partial charge in [-0.3, -0.25) is 4.79 Å². The Kier molecular flexibility index (Phi) is 5.26. The standard InChI is InChI=1S/C21H25N3O2/c1-15-9-10-19(11-16(15)2)24-14-18(12-20(24)25)22-21(26)23(3)13-17-7-5-4-6-8-17/h4-11,18H,12-14H2,1-3H3,(H,22,26). The quantitative estimate of drug-likeness (QED) is 0.919. The van der Waals surface area contributed by atoms with E-state index in [0.29, 0.717) is 19.5 Å². The van der Waals surface area contributed by atoms with E-state index in [9.17, 15) is 9.59 Å². The molecule has 5 heteroatoms. The van der Waals surface area contributed by atoms with E-state index in [1.807, 2.05) is 55.5 Å². The molecule has 1 N–H and O–H groups in total. The van der Waals surface area contributed by atoms with Crippen molar-refractivity contribution in [1.82, 2.24) is 10.2 Å². The number of rotatable bonds is 4. The van der Waals surface area contributed by atoms with E-state index in [1.54, 1.807) is 16.8 Å². The smallest absolute Gasteiger partial charge is 0.317 e. The molecule has 0 saturated carbocycles. The third-order valence-corrected chi connectivity index (χ3v) is 4.86. The van der Waals surface area contributed by atoms with Crippen LogP contribution < -0.4 is 10.2 Å². The molecule has 5 nitrogen and oxygen atoms in total. The van der Waals surface area contributed by atoms with E-state index in [4.69, 9.17) is 0 Å². The maximum Gasteiger partial charge on any atom is 0.317 e. The molecule has 1 aliphatic heterocycles. The van der Waals surface area contributed by atoms with Crippen molar-refractivity contribution < 1.29 is 9.59 Å². The molecule has 136 valence electrons. The summed E-state index contributed by atoms with van der Waals surface area (Å²) in [4.78, 5) is 28.2. The van der Waals surface area contributed by atoms with Crippen LogP contribution in [-0.4, -0.2) is 36.5 Å². The number of carbonyl (C=O) groups excluding carboxylic acids is 2. The van der Waals surface area contributed by atoms with Crippen molar-refractivity contribution in [2.45, 2.75) is 32.9 Å². The molecule has 1 unspecified atom stereocenters. The Bertz CT molecular complexity index is 804. The van der Waals surface area contributed by atoms with Crippen molar-refractivity contribution in [3.63, 3.8) is 0 Å². The van der Waals surface area contributed by atoms with Gasteiger partial charge in [0.15, 0.2) is 0 Å². The van der Waals surface area contributed by atoms with Crippen LogP contribution in [0, 0.1) is 13.8 Å². The van der Waals surface area contributed by atoms with E-state index in [2.05, 4.69) is 12.2 Å². The van der Waals surface area contributed by atoms with Gasteiger partial charge in [-0.15, -0.1) is 0 Å². The Balaban J connectivity index is 1.60. The average Bonchev–Trinajstić information content (AvgIpc) is 2.98. The van der Waals surface area contributed by atoms with Crippen molar-refractivity contribution in [1.29, 1.82) is 0 Å². The van der Waals surface area contributed by atoms with Gasteiger partial charge in [0, 0.05) is 32.2 Å². The van der Waals surface area contributed by atoms with Gasteiger partial charge in [0.2, 0.25) is 5.91 Å². The largest absolute Gasteiger partial charge is 0.333 e. The van der Waals surface area contributed by atoms with Crippen LogP contribution in [-0.2, 0) is 11.3 Å². The Morgan fingerprint density at radius 1 is 1.15 bits per heavy atom. The highest BCUT2D eigenvalue weighted by Crippen LogP contribution is 2.24. The van der Waals surface area contributed by atoms with Gasteiger partial charge in [0.25, 0.3) is 0 Å². The fourth-order valence-corrected chi connectivity index (χ4v) is 3.16. The third kappa shape index (κ3) is 4.04. The molecule has 1 heterocycles. The number of hydrogen-bond donors (Lipinski definition) is 1. The molecule has 0 bridgehead atoms. The van der Waals surface area contributed by atoms with Crippen LogP contribution in [0.5, 0.6) is 0 Å². The van der Waals surface area contributed by atoms with Gasteiger partial charge in [-0.25, -0.2) is 4.79 Å². The Labute approximate surface area is 154 Å². The van der Waals surface area contributed by atoms with Crippen LogP contribution >= 0.6 is 0 Å². The second-order valence-electron chi connectivity index (χ2n) is 6.97. The molecule has 3 rings (SSSR count). The Hall–Kier alpha value is -2.82. The summed E-state index contributed by atoms with van der Waals surface area (Å²) in [5, 5.41) is 2.98. The van der Waals surface area contributed by atoms with Crippen LogP contribution in [0.4, 0.5) is 10.5 Å². The summed E-state index contributed by atoms with van der Waals surface area (Å²) >= 11 is 0. The van der Waals surface area contributed by atoms with Crippen LogP contribution in [0.15, 0.2) is 48.5 Å². The predicted octanol–water partition coefficient (Wildman–Crippen LogP) is 3.25. The summed E-state index contributed by atoms with van der Waals surface area (Å²) in [6.45, 7) is 5.13. The molecule has 3 amide bonds. The fraction of sp³-hybridized carbons (Fsp3) is 0.333. The average molecular weight is 351 g/mol. The molecule has 1 fully saturated rings. The van der Waals surface area contributed by atoms with Crippen LogP contribution in [0.25, 0.3) is 0 Å². The lowest BCUT2D eigenvalue weighted by Crippen LogP contribution is -2.43. The molecule has 0 aromatic heterocycles. The number of benzene rings is 2. The molecule has 0 radical (unpaired) electrons. The summed E-state index contributed by atoms with van der Waals surface area (Å²) < 4.78 is 0. The number of nitrogens with one attached hydrogen (secondary N) is 1. The lowest BCUT2D eigenvalue weighted by atomic mass is 10.1. The minimum Gasteiger partial charge on any atom is -0.333 e. The number of carbonyl (C=O) groups is 2. The van der Waals surface area contributed by atoms with Gasteiger partial charge in [-0.2, -0.15) is 0 Å². The van der Waals surface area contributed by atoms with Crippen molar-refractivity contribution in [3.8, 4) is 0 Å². The van der Waals surface area contributed by atoms with Crippen LogP contribution in [0.3, 0.4) is 0 Å². The molecule has 1 aliphatic rings. The lowest BCUT2D eigenvalue weighted by Gasteiger charge is -2.22. The first kappa shape index (κ1) is 18.0. The molecular weight excluding hydrogens is 326 g/mol. The van der Waals surface area contributed by atoms with Crippen LogP contribution in [0.1, 0.15) is 23.1 Å². The zero-order chi connectivity index (χ0) is 18.7. The van der Waals surface area contributed by atoms with E-state index >= 15 is 0 Å². The molecule has 1 atom stereocenters. The predicted molar refractivity (Wildman–Crippen MR) is 103 cm³/mol. The van der Waals surface area contributed by atoms with Crippen molar-refractivity contribution in [2.24, 2.45) is 0 Å². The maximum atomic E-state index is 12.4. The first-order valence-corrected chi connectivity index (χ1v) is 8.87. The maximum absolute atomic E-state index is 12.4. The number of anilines is 1. The highest BCUT2D eigenvalue weighted by Gasteiger charge is 2.32. The molecule has 0 spiro atoms. The summed E-state index contributed by atoms with van der Waals surface area (Å²) in [5.74, 6) is 0.0456. The zero-order valence-corrected chi connectivity index (χ0v) is 15.5. The second-order valence-corrected chi connectivity index (χ2v) is 6.97. The summed E-state index contributed by atoms with van der Waals surface area (Å²) in [6.07, 6.45) is 0.331. The molecule has 26 heavy (non-hydrogen) atoms. The normalized spacial score (nSPS) is 16.7. The molecular formula is C21H25N3O2. The van der Waals surface area contributed by atoms with E-state index in [1.165, 1.54) is 5.56 Å². The molecule has 2 aromatic rings. The second kappa shape index (κ2) is 7.60. The third-order valence-electron chi connectivity index (χ3n) is 4.86. The van der Waals surface area contributed by atoms with Gasteiger partial charge in [0.1, 0.15) is 0 Å².